The van der Waals surface area contributed by atoms with Crippen molar-refractivity contribution in [2.75, 3.05) is 0 Å². The Hall–Kier alpha value is -0.370. The minimum Gasteiger partial charge on any atom is -0.206 e. The molecule has 1 aliphatic rings. The third kappa shape index (κ3) is 1.45. The van der Waals surface area contributed by atoms with Crippen molar-refractivity contribution in [3.63, 3.8) is 0 Å². The van der Waals surface area contributed by atoms with Gasteiger partial charge < -0.3 is 0 Å². The van der Waals surface area contributed by atoms with E-state index in [1.807, 2.05) is 12.1 Å². The van der Waals surface area contributed by atoms with Gasteiger partial charge in [-0.05, 0) is 52.4 Å². The molecule has 0 aliphatic heterocycles. The van der Waals surface area contributed by atoms with Crippen LogP contribution in [0.5, 0.6) is 0 Å². The first-order valence-electron chi connectivity index (χ1n) is 3.72. The van der Waals surface area contributed by atoms with Gasteiger partial charge in [0.2, 0.25) is 0 Å². The van der Waals surface area contributed by atoms with Crippen molar-refractivity contribution in [2.24, 2.45) is 0 Å². The van der Waals surface area contributed by atoms with Crippen molar-refractivity contribution >= 4 is 15.9 Å². The van der Waals surface area contributed by atoms with Crippen molar-refractivity contribution in [2.45, 2.75) is 18.8 Å². The van der Waals surface area contributed by atoms with Crippen LogP contribution in [0.3, 0.4) is 0 Å². The normalized spacial score (nSPS) is 16.9. The smallest absolute Gasteiger partial charge is 0.137 e. The van der Waals surface area contributed by atoms with E-state index in [0.29, 0.717) is 10.4 Å². The highest BCUT2D eigenvalue weighted by molar-refractivity contribution is 9.10. The molecule has 1 aliphatic carbocycles. The molecule has 0 amide bonds. The van der Waals surface area contributed by atoms with Crippen molar-refractivity contribution in [3.05, 3.63) is 34.1 Å². The first-order valence-corrected chi connectivity index (χ1v) is 4.51. The van der Waals surface area contributed by atoms with Crippen molar-refractivity contribution in [1.29, 1.82) is 0 Å². The lowest BCUT2D eigenvalue weighted by Gasteiger charge is -1.98. The third-order valence-electron chi connectivity index (χ3n) is 1.99. The van der Waals surface area contributed by atoms with Gasteiger partial charge in [0.25, 0.3) is 0 Å². The predicted octanol–water partition coefficient (Wildman–Crippen LogP) is 3.47. The molecule has 0 radical (unpaired) electrons. The summed E-state index contributed by atoms with van der Waals surface area (Å²) in [6, 6.07) is 5.28. The summed E-state index contributed by atoms with van der Waals surface area (Å²) in [7, 11) is 0. The van der Waals surface area contributed by atoms with Crippen LogP contribution in [0.1, 0.15) is 24.3 Å². The Balaban J connectivity index is 2.36. The van der Waals surface area contributed by atoms with Crippen LogP contribution >= 0.6 is 15.9 Å². The molecule has 1 saturated carbocycles. The van der Waals surface area contributed by atoms with Gasteiger partial charge in [0.1, 0.15) is 5.82 Å². The van der Waals surface area contributed by atoms with E-state index in [0.717, 1.165) is 0 Å². The molecule has 2 rings (SSSR count). The van der Waals surface area contributed by atoms with E-state index in [1.54, 1.807) is 0 Å². The molecule has 0 nitrogen and oxygen atoms in total. The zero-order valence-electron chi connectivity index (χ0n) is 5.98. The van der Waals surface area contributed by atoms with E-state index in [-0.39, 0.29) is 5.82 Å². The van der Waals surface area contributed by atoms with Crippen LogP contribution in [-0.4, -0.2) is 0 Å². The quantitative estimate of drug-likeness (QED) is 0.672. The molecule has 1 aromatic rings. The molecule has 0 heterocycles. The molecule has 0 bridgehead atoms. The predicted molar refractivity (Wildman–Crippen MR) is 46.1 cm³/mol. The first kappa shape index (κ1) is 7.29. The highest BCUT2D eigenvalue weighted by atomic mass is 79.9. The van der Waals surface area contributed by atoms with E-state index < -0.39 is 0 Å². The molecule has 0 saturated heterocycles. The minimum absolute atomic E-state index is 0.172. The molecule has 2 heteroatoms. The Morgan fingerprint density at radius 2 is 2.09 bits per heavy atom. The molecule has 1 fully saturated rings. The molecular formula is C9H8BrF. The second kappa shape index (κ2) is 2.59. The summed E-state index contributed by atoms with van der Waals surface area (Å²) in [6.07, 6.45) is 2.52. The number of benzene rings is 1. The van der Waals surface area contributed by atoms with Gasteiger partial charge in [0.05, 0.1) is 4.47 Å². The molecule has 0 unspecified atom stereocenters. The van der Waals surface area contributed by atoms with Crippen molar-refractivity contribution < 1.29 is 4.39 Å². The van der Waals surface area contributed by atoms with E-state index in [9.17, 15) is 4.39 Å². The van der Waals surface area contributed by atoms with Crippen molar-refractivity contribution in [3.8, 4) is 0 Å². The highest BCUT2D eigenvalue weighted by Crippen LogP contribution is 2.40. The highest BCUT2D eigenvalue weighted by Gasteiger charge is 2.23. The van der Waals surface area contributed by atoms with Gasteiger partial charge in [-0.2, -0.15) is 0 Å². The van der Waals surface area contributed by atoms with Crippen LogP contribution < -0.4 is 0 Å². The van der Waals surface area contributed by atoms with E-state index >= 15 is 0 Å². The zero-order chi connectivity index (χ0) is 7.84. The van der Waals surface area contributed by atoms with Crippen LogP contribution in [0.4, 0.5) is 4.39 Å². The molecule has 0 spiro atoms. The van der Waals surface area contributed by atoms with E-state index in [1.165, 1.54) is 24.5 Å². The maximum absolute atomic E-state index is 12.7. The van der Waals surface area contributed by atoms with E-state index in [4.69, 9.17) is 0 Å². The fourth-order valence-corrected chi connectivity index (χ4v) is 1.58. The lowest BCUT2D eigenvalue weighted by molar-refractivity contribution is 0.620. The molecule has 0 atom stereocenters. The lowest BCUT2D eigenvalue weighted by atomic mass is 10.1. The van der Waals surface area contributed by atoms with Gasteiger partial charge in [0, 0.05) is 0 Å². The molecule has 1 aromatic carbocycles. The summed E-state index contributed by atoms with van der Waals surface area (Å²) >= 11 is 3.17. The van der Waals surface area contributed by atoms with Gasteiger partial charge >= 0.3 is 0 Å². The number of rotatable bonds is 1. The number of hydrogen-bond acceptors (Lipinski definition) is 0. The van der Waals surface area contributed by atoms with Crippen LogP contribution in [0.25, 0.3) is 0 Å². The maximum Gasteiger partial charge on any atom is 0.137 e. The van der Waals surface area contributed by atoms with Crippen LogP contribution in [0.2, 0.25) is 0 Å². The largest absolute Gasteiger partial charge is 0.206 e. The van der Waals surface area contributed by atoms with Crippen LogP contribution in [0, 0.1) is 5.82 Å². The summed E-state index contributed by atoms with van der Waals surface area (Å²) in [6.45, 7) is 0. The monoisotopic (exact) mass is 214 g/mol. The van der Waals surface area contributed by atoms with Crippen LogP contribution in [-0.2, 0) is 0 Å². The van der Waals surface area contributed by atoms with Gasteiger partial charge in [-0.1, -0.05) is 6.07 Å². The van der Waals surface area contributed by atoms with Crippen LogP contribution in [0.15, 0.2) is 22.7 Å². The van der Waals surface area contributed by atoms with Crippen molar-refractivity contribution in [1.82, 2.24) is 0 Å². The summed E-state index contributed by atoms with van der Waals surface area (Å²) in [4.78, 5) is 0. The standard InChI is InChI=1S/C9H8BrF/c10-8-5-7(6-1-2-6)3-4-9(8)11/h3-6H,1-2H2. The second-order valence-electron chi connectivity index (χ2n) is 2.95. The van der Waals surface area contributed by atoms with Gasteiger partial charge in [0.15, 0.2) is 0 Å². The third-order valence-corrected chi connectivity index (χ3v) is 2.60. The summed E-state index contributed by atoms with van der Waals surface area (Å²) in [5.74, 6) is 0.529. The Morgan fingerprint density at radius 1 is 1.36 bits per heavy atom. The summed E-state index contributed by atoms with van der Waals surface area (Å²) in [5.41, 5.74) is 1.26. The molecule has 58 valence electrons. The Bertz CT molecular complexity index is 279. The molecular weight excluding hydrogens is 207 g/mol. The molecule has 0 aromatic heterocycles. The van der Waals surface area contributed by atoms with Gasteiger partial charge in [-0.15, -0.1) is 0 Å². The Labute approximate surface area is 73.6 Å². The van der Waals surface area contributed by atoms with Gasteiger partial charge in [-0.25, -0.2) is 4.39 Å². The minimum atomic E-state index is -0.172. The van der Waals surface area contributed by atoms with Gasteiger partial charge in [-0.3, -0.25) is 0 Å². The first-order chi connectivity index (χ1) is 5.27. The summed E-state index contributed by atoms with van der Waals surface area (Å²) < 4.78 is 13.3. The van der Waals surface area contributed by atoms with E-state index in [2.05, 4.69) is 15.9 Å². The number of halogens is 2. The topological polar surface area (TPSA) is 0 Å². The fourth-order valence-electron chi connectivity index (χ4n) is 1.18. The average Bonchev–Trinajstić information content (AvgIpc) is 2.77. The fraction of sp³-hybridized carbons (Fsp3) is 0.333. The molecule has 11 heavy (non-hydrogen) atoms. The Morgan fingerprint density at radius 3 is 2.64 bits per heavy atom. The second-order valence-corrected chi connectivity index (χ2v) is 3.80. The summed E-state index contributed by atoms with van der Waals surface area (Å²) in [5, 5.41) is 0. The maximum atomic E-state index is 12.7. The zero-order valence-corrected chi connectivity index (χ0v) is 7.57. The lowest BCUT2D eigenvalue weighted by Crippen LogP contribution is -1.81. The molecule has 0 N–H and O–H groups in total. The number of hydrogen-bond donors (Lipinski definition) is 0. The Kier molecular flexibility index (Phi) is 1.72. The average molecular weight is 215 g/mol. The SMILES string of the molecule is Fc1ccc(C2CC2)cc1Br.